The zero-order valence-electron chi connectivity index (χ0n) is 12.2. The van der Waals surface area contributed by atoms with Gasteiger partial charge in [0.15, 0.2) is 11.5 Å². The Hall–Kier alpha value is -2.03. The van der Waals surface area contributed by atoms with E-state index < -0.39 is 0 Å². The molecule has 0 amide bonds. The molecule has 0 radical (unpaired) electrons. The van der Waals surface area contributed by atoms with Crippen molar-refractivity contribution in [2.75, 3.05) is 14.2 Å². The maximum atomic E-state index is 13.1. The average molecular weight is 274 g/mol. The lowest BCUT2D eigenvalue weighted by Gasteiger charge is -2.17. The summed E-state index contributed by atoms with van der Waals surface area (Å²) in [6.45, 7) is 4.24. The highest BCUT2D eigenvalue weighted by atomic mass is 19.1. The largest absolute Gasteiger partial charge is 0.493 e. The minimum Gasteiger partial charge on any atom is -0.493 e. The van der Waals surface area contributed by atoms with Crippen LogP contribution in [0.3, 0.4) is 0 Å². The van der Waals surface area contributed by atoms with Crippen LogP contribution >= 0.6 is 0 Å². The molecule has 2 nitrogen and oxygen atoms in total. The molecule has 0 heterocycles. The van der Waals surface area contributed by atoms with Crippen molar-refractivity contribution in [2.45, 2.75) is 19.8 Å². The first-order valence-electron chi connectivity index (χ1n) is 6.58. The summed E-state index contributed by atoms with van der Waals surface area (Å²) < 4.78 is 24.0. The smallest absolute Gasteiger partial charge is 0.168 e. The number of benzene rings is 2. The van der Waals surface area contributed by atoms with Gasteiger partial charge in [-0.05, 0) is 41.3 Å². The van der Waals surface area contributed by atoms with Crippen LogP contribution in [0.1, 0.15) is 25.3 Å². The molecular weight excluding hydrogens is 255 g/mol. The summed E-state index contributed by atoms with van der Waals surface area (Å²) >= 11 is 0. The fourth-order valence-corrected chi connectivity index (χ4v) is 2.16. The first-order chi connectivity index (χ1) is 9.56. The van der Waals surface area contributed by atoms with E-state index in [1.54, 1.807) is 26.4 Å². The van der Waals surface area contributed by atoms with Crippen molar-refractivity contribution in [1.29, 1.82) is 0 Å². The van der Waals surface area contributed by atoms with Crippen LogP contribution in [0.2, 0.25) is 0 Å². The predicted octanol–water partition coefficient (Wildman–Crippen LogP) is 4.63. The van der Waals surface area contributed by atoms with Gasteiger partial charge in [-0.25, -0.2) is 4.39 Å². The van der Waals surface area contributed by atoms with E-state index >= 15 is 0 Å². The Kier molecular flexibility index (Phi) is 4.28. The molecule has 0 bridgehead atoms. The number of hydrogen-bond acceptors (Lipinski definition) is 2. The van der Waals surface area contributed by atoms with Gasteiger partial charge in [0.25, 0.3) is 0 Å². The molecule has 2 aromatic carbocycles. The number of hydrogen-bond donors (Lipinski definition) is 0. The number of ether oxygens (including phenoxy) is 2. The van der Waals surface area contributed by atoms with Crippen LogP contribution in [0.15, 0.2) is 36.4 Å². The molecule has 3 heteroatoms. The standard InChI is InChI=1S/C17H19FO2/c1-11(2)13-9-15(12-5-7-14(18)8-6-12)17(20-4)16(10-13)19-3/h5-11H,1-4H3. The summed E-state index contributed by atoms with van der Waals surface area (Å²) in [5, 5.41) is 0. The normalized spacial score (nSPS) is 10.7. The summed E-state index contributed by atoms with van der Waals surface area (Å²) in [5.74, 6) is 1.48. The van der Waals surface area contributed by atoms with Crippen molar-refractivity contribution in [2.24, 2.45) is 0 Å². The highest BCUT2D eigenvalue weighted by Crippen LogP contribution is 2.40. The maximum Gasteiger partial charge on any atom is 0.168 e. The third-order valence-corrected chi connectivity index (χ3v) is 3.32. The van der Waals surface area contributed by atoms with Gasteiger partial charge >= 0.3 is 0 Å². The van der Waals surface area contributed by atoms with Crippen LogP contribution < -0.4 is 9.47 Å². The van der Waals surface area contributed by atoms with Crippen LogP contribution in [-0.4, -0.2) is 14.2 Å². The molecule has 0 fully saturated rings. The van der Waals surface area contributed by atoms with E-state index in [0.29, 0.717) is 17.4 Å². The Balaban J connectivity index is 2.65. The van der Waals surface area contributed by atoms with Crippen LogP contribution in [0.25, 0.3) is 11.1 Å². The van der Waals surface area contributed by atoms with E-state index in [1.807, 2.05) is 6.07 Å². The van der Waals surface area contributed by atoms with Crippen molar-refractivity contribution in [3.8, 4) is 22.6 Å². The third-order valence-electron chi connectivity index (χ3n) is 3.32. The number of methoxy groups -OCH3 is 2. The second-order valence-electron chi connectivity index (χ2n) is 4.97. The summed E-state index contributed by atoms with van der Waals surface area (Å²) in [7, 11) is 3.23. The van der Waals surface area contributed by atoms with Crippen LogP contribution in [0.5, 0.6) is 11.5 Å². The van der Waals surface area contributed by atoms with Crippen molar-refractivity contribution < 1.29 is 13.9 Å². The molecule has 0 aromatic heterocycles. The average Bonchev–Trinajstić information content (AvgIpc) is 2.46. The molecular formula is C17H19FO2. The third kappa shape index (κ3) is 2.77. The summed E-state index contributed by atoms with van der Waals surface area (Å²) in [6.07, 6.45) is 0. The molecule has 0 aliphatic carbocycles. The van der Waals surface area contributed by atoms with E-state index in [9.17, 15) is 4.39 Å². The molecule has 0 aliphatic rings. The number of rotatable bonds is 4. The molecule has 0 saturated heterocycles. The molecule has 0 aliphatic heterocycles. The van der Waals surface area contributed by atoms with Crippen LogP contribution in [0.4, 0.5) is 4.39 Å². The van der Waals surface area contributed by atoms with Gasteiger partial charge in [-0.2, -0.15) is 0 Å². The van der Waals surface area contributed by atoms with Gasteiger partial charge < -0.3 is 9.47 Å². The zero-order chi connectivity index (χ0) is 14.7. The van der Waals surface area contributed by atoms with Crippen LogP contribution in [-0.2, 0) is 0 Å². The molecule has 0 spiro atoms. The molecule has 0 N–H and O–H groups in total. The fourth-order valence-electron chi connectivity index (χ4n) is 2.16. The van der Waals surface area contributed by atoms with Crippen molar-refractivity contribution in [3.05, 3.63) is 47.8 Å². The lowest BCUT2D eigenvalue weighted by molar-refractivity contribution is 0.355. The van der Waals surface area contributed by atoms with E-state index in [0.717, 1.165) is 16.7 Å². The van der Waals surface area contributed by atoms with E-state index in [1.165, 1.54) is 12.1 Å². The molecule has 2 rings (SSSR count). The quantitative estimate of drug-likeness (QED) is 0.809. The summed E-state index contributed by atoms with van der Waals surface area (Å²) in [5.41, 5.74) is 2.97. The maximum absolute atomic E-state index is 13.1. The van der Waals surface area contributed by atoms with Gasteiger partial charge in [0.2, 0.25) is 0 Å². The van der Waals surface area contributed by atoms with Gasteiger partial charge in [-0.1, -0.05) is 26.0 Å². The Bertz CT molecular complexity index is 589. The lowest BCUT2D eigenvalue weighted by atomic mass is 9.96. The lowest BCUT2D eigenvalue weighted by Crippen LogP contribution is -1.97. The minimum atomic E-state index is -0.250. The second-order valence-corrected chi connectivity index (χ2v) is 4.97. The van der Waals surface area contributed by atoms with Gasteiger partial charge in [0.1, 0.15) is 5.82 Å². The fraction of sp³-hybridized carbons (Fsp3) is 0.294. The number of halogens is 1. The highest BCUT2D eigenvalue weighted by Gasteiger charge is 2.15. The van der Waals surface area contributed by atoms with Gasteiger partial charge in [-0.15, -0.1) is 0 Å². The Morgan fingerprint density at radius 2 is 1.60 bits per heavy atom. The molecule has 2 aromatic rings. The molecule has 20 heavy (non-hydrogen) atoms. The summed E-state index contributed by atoms with van der Waals surface area (Å²) in [4.78, 5) is 0. The van der Waals surface area contributed by atoms with Gasteiger partial charge in [-0.3, -0.25) is 0 Å². The molecule has 106 valence electrons. The minimum absolute atomic E-state index is 0.250. The van der Waals surface area contributed by atoms with Crippen molar-refractivity contribution in [3.63, 3.8) is 0 Å². The van der Waals surface area contributed by atoms with Gasteiger partial charge in [0, 0.05) is 5.56 Å². The monoisotopic (exact) mass is 274 g/mol. The molecule has 0 atom stereocenters. The molecule has 0 saturated carbocycles. The van der Waals surface area contributed by atoms with Gasteiger partial charge in [0.05, 0.1) is 14.2 Å². The summed E-state index contributed by atoms with van der Waals surface area (Å²) in [6, 6.07) is 10.4. The predicted molar refractivity (Wildman–Crippen MR) is 79.0 cm³/mol. The molecule has 0 unspecified atom stereocenters. The highest BCUT2D eigenvalue weighted by molar-refractivity contribution is 5.75. The van der Waals surface area contributed by atoms with Crippen molar-refractivity contribution in [1.82, 2.24) is 0 Å². The van der Waals surface area contributed by atoms with E-state index in [-0.39, 0.29) is 5.82 Å². The first-order valence-corrected chi connectivity index (χ1v) is 6.58. The first kappa shape index (κ1) is 14.4. The van der Waals surface area contributed by atoms with Crippen LogP contribution in [0, 0.1) is 5.82 Å². The van der Waals surface area contributed by atoms with E-state index in [2.05, 4.69) is 19.9 Å². The second kappa shape index (κ2) is 5.95. The van der Waals surface area contributed by atoms with Crippen molar-refractivity contribution >= 4 is 0 Å². The topological polar surface area (TPSA) is 18.5 Å². The zero-order valence-corrected chi connectivity index (χ0v) is 12.2. The Labute approximate surface area is 119 Å². The van der Waals surface area contributed by atoms with E-state index in [4.69, 9.17) is 9.47 Å². The Morgan fingerprint density at radius 1 is 0.950 bits per heavy atom. The SMILES string of the molecule is COc1cc(C(C)C)cc(-c2ccc(F)cc2)c1OC. The Morgan fingerprint density at radius 3 is 2.10 bits per heavy atom.